The zero-order chi connectivity index (χ0) is 25.2. The lowest BCUT2D eigenvalue weighted by Crippen LogP contribution is -2.36. The first kappa shape index (κ1) is 29.0. The zero-order valence-corrected chi connectivity index (χ0v) is 19.7. The fourth-order valence-corrected chi connectivity index (χ4v) is 2.57. The van der Waals surface area contributed by atoms with Gasteiger partial charge in [0.15, 0.2) is 0 Å². The van der Waals surface area contributed by atoms with Gasteiger partial charge >= 0.3 is 11.9 Å². The van der Waals surface area contributed by atoms with Gasteiger partial charge in [-0.15, -0.1) is 0 Å². The largest absolute Gasteiger partial charge is 0.478 e. The normalized spacial score (nSPS) is 12.3. The lowest BCUT2D eigenvalue weighted by atomic mass is 9.82. The maximum Gasteiger partial charge on any atom is 0.377 e. The predicted octanol–water partition coefficient (Wildman–Crippen LogP) is 4.04. The molecule has 0 fully saturated rings. The van der Waals surface area contributed by atoms with Crippen LogP contribution in [0.1, 0.15) is 65.1 Å². The summed E-state index contributed by atoms with van der Waals surface area (Å²) in [5, 5.41) is 35.2. The van der Waals surface area contributed by atoms with E-state index in [0.29, 0.717) is 11.1 Å². The SMILES string of the molecule is CC(O)C(C)(C)C(C)O.Cc1cc(C)c(C(=O)C(=O)O)c(C)c1.O=C(O)c1ccccc1. The molecule has 2 aromatic rings. The highest BCUT2D eigenvalue weighted by Crippen LogP contribution is 2.24. The van der Waals surface area contributed by atoms with Gasteiger partial charge in [-0.05, 0) is 57.9 Å². The Hall–Kier alpha value is -3.03. The summed E-state index contributed by atoms with van der Waals surface area (Å²) in [4.78, 5) is 32.0. The molecule has 2 atom stereocenters. The van der Waals surface area contributed by atoms with Crippen molar-refractivity contribution in [2.75, 3.05) is 0 Å². The van der Waals surface area contributed by atoms with Crippen LogP contribution in [0.4, 0.5) is 0 Å². The third-order valence-electron chi connectivity index (χ3n) is 5.27. The van der Waals surface area contributed by atoms with Crippen molar-refractivity contribution >= 4 is 17.7 Å². The third-order valence-corrected chi connectivity index (χ3v) is 5.27. The number of rotatable bonds is 5. The van der Waals surface area contributed by atoms with Crippen LogP contribution >= 0.6 is 0 Å². The number of hydrogen-bond acceptors (Lipinski definition) is 5. The summed E-state index contributed by atoms with van der Waals surface area (Å²) in [5.74, 6) is -3.12. The molecule has 0 amide bonds. The first-order valence-electron chi connectivity index (χ1n) is 10.1. The van der Waals surface area contributed by atoms with Crippen LogP contribution in [0.15, 0.2) is 42.5 Å². The summed E-state index contributed by atoms with van der Waals surface area (Å²) in [7, 11) is 0. The molecule has 0 saturated heterocycles. The molecule has 0 aliphatic rings. The number of carbonyl (C=O) groups excluding carboxylic acids is 1. The molecule has 0 saturated carbocycles. The molecule has 2 rings (SSSR count). The van der Waals surface area contributed by atoms with Crippen molar-refractivity contribution in [1.82, 2.24) is 0 Å². The summed E-state index contributed by atoms with van der Waals surface area (Å²) in [6, 6.07) is 11.9. The summed E-state index contributed by atoms with van der Waals surface area (Å²) in [5.41, 5.74) is 2.72. The van der Waals surface area contributed by atoms with E-state index in [2.05, 4.69) is 0 Å². The van der Waals surface area contributed by atoms with Gasteiger partial charge in [-0.25, -0.2) is 9.59 Å². The maximum atomic E-state index is 11.3. The van der Waals surface area contributed by atoms with Gasteiger partial charge in [0.2, 0.25) is 0 Å². The van der Waals surface area contributed by atoms with Gasteiger partial charge in [-0.2, -0.15) is 0 Å². The van der Waals surface area contributed by atoms with Crippen molar-refractivity contribution in [3.63, 3.8) is 0 Å². The molecule has 32 heavy (non-hydrogen) atoms. The number of hydrogen-bond donors (Lipinski definition) is 4. The number of carbonyl (C=O) groups is 3. The Morgan fingerprint density at radius 3 is 1.47 bits per heavy atom. The smallest absolute Gasteiger partial charge is 0.377 e. The molecular formula is C25H34O7. The van der Waals surface area contributed by atoms with E-state index in [1.807, 2.05) is 32.9 Å². The molecule has 176 valence electrons. The molecule has 0 radical (unpaired) electrons. The number of carboxylic acids is 2. The standard InChI is InChI=1S/C11H12O3.C7H6O2.C7H16O2/c1-6-4-7(2)9(8(3)5-6)10(12)11(13)14;8-7(9)6-4-2-1-3-5-6;1-5(8)7(3,4)6(2)9/h4-5H,1-3H3,(H,13,14);1-5H,(H,8,9);5-6,8-9H,1-4H3. The van der Waals surface area contributed by atoms with Gasteiger partial charge in [0, 0.05) is 11.0 Å². The summed E-state index contributed by atoms with van der Waals surface area (Å²) >= 11 is 0. The van der Waals surface area contributed by atoms with Gasteiger partial charge in [0.05, 0.1) is 17.8 Å². The molecule has 4 N–H and O–H groups in total. The highest BCUT2D eigenvalue weighted by atomic mass is 16.4. The number of aromatic carboxylic acids is 1. The minimum atomic E-state index is -1.40. The molecule has 2 unspecified atom stereocenters. The minimum Gasteiger partial charge on any atom is -0.478 e. The van der Waals surface area contributed by atoms with Crippen LogP contribution in [0.5, 0.6) is 0 Å². The van der Waals surface area contributed by atoms with Crippen LogP contribution in [0.2, 0.25) is 0 Å². The fraction of sp³-hybridized carbons (Fsp3) is 0.400. The average Bonchev–Trinajstić information content (AvgIpc) is 2.68. The van der Waals surface area contributed by atoms with E-state index in [9.17, 15) is 14.4 Å². The van der Waals surface area contributed by atoms with E-state index >= 15 is 0 Å². The molecular weight excluding hydrogens is 412 g/mol. The average molecular weight is 447 g/mol. The van der Waals surface area contributed by atoms with Gasteiger partial charge < -0.3 is 20.4 Å². The van der Waals surface area contributed by atoms with Crippen LogP contribution in [0, 0.1) is 26.2 Å². The summed E-state index contributed by atoms with van der Waals surface area (Å²) in [6.45, 7) is 12.4. The van der Waals surface area contributed by atoms with Crippen molar-refractivity contribution in [3.8, 4) is 0 Å². The number of Topliss-reactive ketones (excluding diaryl/α,β-unsaturated/α-hetero) is 1. The number of benzene rings is 2. The van der Waals surface area contributed by atoms with E-state index in [-0.39, 0.29) is 5.41 Å². The van der Waals surface area contributed by atoms with Gasteiger partial charge in [0.1, 0.15) is 0 Å². The van der Waals surface area contributed by atoms with Crippen molar-refractivity contribution in [1.29, 1.82) is 0 Å². The topological polar surface area (TPSA) is 132 Å². The van der Waals surface area contributed by atoms with Gasteiger partial charge in [-0.3, -0.25) is 4.79 Å². The van der Waals surface area contributed by atoms with E-state index in [1.54, 1.807) is 58.0 Å². The van der Waals surface area contributed by atoms with Crippen molar-refractivity contribution in [3.05, 3.63) is 70.3 Å². The van der Waals surface area contributed by atoms with E-state index < -0.39 is 29.9 Å². The lowest BCUT2D eigenvalue weighted by Gasteiger charge is -2.30. The second-order valence-electron chi connectivity index (χ2n) is 8.25. The maximum absolute atomic E-state index is 11.3. The monoisotopic (exact) mass is 446 g/mol. The van der Waals surface area contributed by atoms with Crippen LogP contribution in [0.3, 0.4) is 0 Å². The second-order valence-corrected chi connectivity index (χ2v) is 8.25. The molecule has 0 spiro atoms. The Morgan fingerprint density at radius 1 is 0.812 bits per heavy atom. The first-order chi connectivity index (χ1) is 14.6. The van der Waals surface area contributed by atoms with Gasteiger partial charge in [0.25, 0.3) is 5.78 Å². The number of ketones is 1. The van der Waals surface area contributed by atoms with Crippen LogP contribution in [0.25, 0.3) is 0 Å². The lowest BCUT2D eigenvalue weighted by molar-refractivity contribution is -0.131. The van der Waals surface area contributed by atoms with E-state index in [1.165, 1.54) is 0 Å². The molecule has 0 bridgehead atoms. The highest BCUT2D eigenvalue weighted by Gasteiger charge is 2.29. The Bertz CT molecular complexity index is 880. The molecule has 2 aromatic carbocycles. The van der Waals surface area contributed by atoms with Crippen LogP contribution in [-0.4, -0.2) is 50.4 Å². The fourth-order valence-electron chi connectivity index (χ4n) is 2.57. The second kappa shape index (κ2) is 12.7. The number of aryl methyl sites for hydroxylation is 3. The summed E-state index contributed by atoms with van der Waals surface area (Å²) < 4.78 is 0. The Morgan fingerprint density at radius 2 is 1.22 bits per heavy atom. The first-order valence-corrected chi connectivity index (χ1v) is 10.1. The van der Waals surface area contributed by atoms with Crippen molar-refractivity contribution < 1.29 is 34.8 Å². The van der Waals surface area contributed by atoms with E-state index in [0.717, 1.165) is 16.7 Å². The number of aliphatic carboxylic acids is 1. The molecule has 7 heteroatoms. The van der Waals surface area contributed by atoms with Crippen LogP contribution < -0.4 is 0 Å². The number of aliphatic hydroxyl groups is 2. The predicted molar refractivity (Wildman–Crippen MR) is 123 cm³/mol. The van der Waals surface area contributed by atoms with Crippen molar-refractivity contribution in [2.24, 2.45) is 5.41 Å². The van der Waals surface area contributed by atoms with E-state index in [4.69, 9.17) is 20.4 Å². The molecule has 0 heterocycles. The van der Waals surface area contributed by atoms with Gasteiger partial charge in [-0.1, -0.05) is 49.7 Å². The molecule has 0 aliphatic heterocycles. The third kappa shape index (κ3) is 8.99. The summed E-state index contributed by atoms with van der Waals surface area (Å²) in [6.07, 6.45) is -0.921. The highest BCUT2D eigenvalue weighted by molar-refractivity contribution is 6.40. The Balaban J connectivity index is 0.000000470. The molecule has 0 aromatic heterocycles. The van der Waals surface area contributed by atoms with Crippen LogP contribution in [-0.2, 0) is 4.79 Å². The zero-order valence-electron chi connectivity index (χ0n) is 19.7. The number of carboxylic acid groups (broad SMARTS) is 2. The molecule has 0 aliphatic carbocycles. The number of aliphatic hydroxyl groups excluding tert-OH is 2. The quantitative estimate of drug-likeness (QED) is 0.402. The molecule has 7 nitrogen and oxygen atoms in total. The Labute approximate surface area is 189 Å². The Kier molecular flexibility index (Phi) is 11.5. The minimum absolute atomic E-state index is 0.308. The van der Waals surface area contributed by atoms with Crippen molar-refractivity contribution in [2.45, 2.75) is 60.7 Å².